The van der Waals surface area contributed by atoms with Crippen molar-refractivity contribution in [2.45, 2.75) is 31.1 Å². The van der Waals surface area contributed by atoms with Crippen LogP contribution < -0.4 is 4.90 Å². The van der Waals surface area contributed by atoms with Gasteiger partial charge in [-0.3, -0.25) is 13.8 Å². The molecule has 0 atom stereocenters. The van der Waals surface area contributed by atoms with E-state index in [0.29, 0.717) is 17.3 Å². The van der Waals surface area contributed by atoms with Crippen LogP contribution >= 0.6 is 23.2 Å². The van der Waals surface area contributed by atoms with E-state index in [1.807, 2.05) is 6.92 Å². The number of hydrogen-bond donors (Lipinski definition) is 0. The molecule has 36 heavy (non-hydrogen) atoms. The first-order valence-corrected chi connectivity index (χ1v) is 13.7. The minimum atomic E-state index is -4.14. The topological polar surface area (TPSA) is 80.8 Å². The highest BCUT2D eigenvalue weighted by Crippen LogP contribution is 2.33. The van der Waals surface area contributed by atoms with Crippen LogP contribution in [0.15, 0.2) is 71.6 Å². The molecule has 1 saturated carbocycles. The number of nitrogens with zero attached hydrogens (tertiary/aromatic N) is 1. The fourth-order valence-electron chi connectivity index (χ4n) is 3.96. The lowest BCUT2D eigenvalue weighted by molar-refractivity contribution is -0.120. The van der Waals surface area contributed by atoms with Crippen LogP contribution in [0.4, 0.5) is 5.69 Å². The van der Waals surface area contributed by atoms with Crippen LogP contribution in [0.25, 0.3) is 0 Å². The second-order valence-electron chi connectivity index (χ2n) is 8.80. The van der Waals surface area contributed by atoms with Crippen LogP contribution in [0.2, 0.25) is 10.0 Å². The van der Waals surface area contributed by atoms with Gasteiger partial charge in [0.2, 0.25) is 0 Å². The summed E-state index contributed by atoms with van der Waals surface area (Å²) in [6.07, 6.45) is 2.93. The molecular weight excluding hydrogens is 521 g/mol. The van der Waals surface area contributed by atoms with Gasteiger partial charge in [0.25, 0.3) is 16.0 Å². The lowest BCUT2D eigenvalue weighted by atomic mass is 9.85. The lowest BCUT2D eigenvalue weighted by Crippen LogP contribution is -2.40. The summed E-state index contributed by atoms with van der Waals surface area (Å²) < 4.78 is 30.4. The van der Waals surface area contributed by atoms with Crippen molar-refractivity contribution in [1.29, 1.82) is 0 Å². The van der Waals surface area contributed by atoms with Gasteiger partial charge in [-0.25, -0.2) is 0 Å². The molecule has 0 aromatic heterocycles. The number of aryl methyl sites for hydroxylation is 1. The first kappa shape index (κ1) is 26.4. The Morgan fingerprint density at radius 1 is 0.972 bits per heavy atom. The van der Waals surface area contributed by atoms with E-state index < -0.39 is 28.4 Å². The third kappa shape index (κ3) is 5.98. The number of ketones is 1. The second kappa shape index (κ2) is 11.1. The molecule has 3 aromatic carbocycles. The van der Waals surface area contributed by atoms with Gasteiger partial charge < -0.3 is 4.90 Å². The van der Waals surface area contributed by atoms with E-state index in [2.05, 4.69) is 0 Å². The van der Waals surface area contributed by atoms with Crippen molar-refractivity contribution in [3.63, 3.8) is 0 Å². The summed E-state index contributed by atoms with van der Waals surface area (Å²) in [6.45, 7) is 1.47. The van der Waals surface area contributed by atoms with Gasteiger partial charge in [-0.2, -0.15) is 8.42 Å². The monoisotopic (exact) mass is 545 g/mol. The summed E-state index contributed by atoms with van der Waals surface area (Å²) in [4.78, 5) is 28.2. The van der Waals surface area contributed by atoms with Crippen molar-refractivity contribution in [2.75, 3.05) is 18.1 Å². The Labute approximate surface area is 220 Å². The molecular formula is C27H25Cl2NO5S. The van der Waals surface area contributed by atoms with Crippen molar-refractivity contribution in [1.82, 2.24) is 0 Å². The van der Waals surface area contributed by atoms with Gasteiger partial charge in [0.1, 0.15) is 6.61 Å². The molecule has 9 heteroatoms. The molecule has 0 saturated heterocycles. The third-order valence-corrected chi connectivity index (χ3v) is 8.07. The molecule has 3 aromatic rings. The van der Waals surface area contributed by atoms with Gasteiger partial charge in [0, 0.05) is 22.7 Å². The molecule has 0 bridgehead atoms. The van der Waals surface area contributed by atoms with Crippen LogP contribution in [0.3, 0.4) is 0 Å². The Bertz CT molecular complexity index is 1390. The van der Waals surface area contributed by atoms with Gasteiger partial charge in [-0.1, -0.05) is 59.5 Å². The third-order valence-electron chi connectivity index (χ3n) is 6.23. The lowest BCUT2D eigenvalue weighted by Gasteiger charge is -2.33. The zero-order valence-electron chi connectivity index (χ0n) is 19.6. The van der Waals surface area contributed by atoms with Crippen LogP contribution in [0.1, 0.15) is 40.7 Å². The highest BCUT2D eigenvalue weighted by atomic mass is 35.5. The number of amides is 1. The number of halogens is 2. The van der Waals surface area contributed by atoms with E-state index in [9.17, 15) is 18.0 Å². The second-order valence-corrected chi connectivity index (χ2v) is 11.3. The number of carbonyl (C=O) groups is 2. The zero-order valence-corrected chi connectivity index (χ0v) is 21.9. The van der Waals surface area contributed by atoms with Crippen molar-refractivity contribution >= 4 is 50.7 Å². The maximum absolute atomic E-state index is 13.5. The van der Waals surface area contributed by atoms with E-state index in [1.165, 1.54) is 23.1 Å². The zero-order chi connectivity index (χ0) is 25.9. The molecule has 0 spiro atoms. The fourth-order valence-corrected chi connectivity index (χ4v) is 5.22. The molecule has 4 rings (SSSR count). The largest absolute Gasteiger partial charge is 0.309 e. The molecule has 0 heterocycles. The van der Waals surface area contributed by atoms with Crippen LogP contribution in [0, 0.1) is 12.8 Å². The quantitative estimate of drug-likeness (QED) is 0.240. The molecule has 6 nitrogen and oxygen atoms in total. The Morgan fingerprint density at radius 3 is 2.31 bits per heavy atom. The number of benzene rings is 3. The van der Waals surface area contributed by atoms with E-state index >= 15 is 0 Å². The Kier molecular flexibility index (Phi) is 8.15. The van der Waals surface area contributed by atoms with Crippen molar-refractivity contribution in [3.8, 4) is 0 Å². The Balaban J connectivity index is 1.65. The van der Waals surface area contributed by atoms with Crippen molar-refractivity contribution < 1.29 is 22.2 Å². The molecule has 0 aliphatic heterocycles. The normalized spacial score (nSPS) is 13.8. The van der Waals surface area contributed by atoms with Gasteiger partial charge in [-0.15, -0.1) is 0 Å². The summed E-state index contributed by atoms with van der Waals surface area (Å²) in [5, 5.41) is 0.598. The van der Waals surface area contributed by atoms with Crippen LogP contribution in [0.5, 0.6) is 0 Å². The van der Waals surface area contributed by atoms with E-state index in [-0.39, 0.29) is 27.0 Å². The van der Waals surface area contributed by atoms with Gasteiger partial charge in [0.05, 0.1) is 15.6 Å². The van der Waals surface area contributed by atoms with Crippen LogP contribution in [-0.4, -0.2) is 33.3 Å². The molecule has 0 radical (unpaired) electrons. The predicted octanol–water partition coefficient (Wildman–Crippen LogP) is 6.07. The number of carbonyl (C=O) groups excluding carboxylic acids is 2. The SMILES string of the molecule is Cc1ccc(S(=O)(=O)OCC(=O)N(CC2CCC2)c2ccc(Cl)cc2C(=O)c2ccccc2Cl)cc1. The predicted molar refractivity (Wildman–Crippen MR) is 140 cm³/mol. The summed E-state index contributed by atoms with van der Waals surface area (Å²) in [5.74, 6) is -0.729. The number of hydrogen-bond acceptors (Lipinski definition) is 5. The first-order chi connectivity index (χ1) is 17.2. The van der Waals surface area contributed by atoms with Gasteiger partial charge in [-0.05, 0) is 68.1 Å². The highest BCUT2D eigenvalue weighted by molar-refractivity contribution is 7.86. The van der Waals surface area contributed by atoms with Gasteiger partial charge >= 0.3 is 0 Å². The summed E-state index contributed by atoms with van der Waals surface area (Å²) in [6, 6.07) is 17.5. The maximum Gasteiger partial charge on any atom is 0.297 e. The summed E-state index contributed by atoms with van der Waals surface area (Å²) in [5.41, 5.74) is 1.70. The molecule has 188 valence electrons. The van der Waals surface area contributed by atoms with Crippen molar-refractivity contribution in [2.24, 2.45) is 5.92 Å². The average Bonchev–Trinajstić information content (AvgIpc) is 2.82. The molecule has 1 aliphatic carbocycles. The minimum Gasteiger partial charge on any atom is -0.309 e. The summed E-state index contributed by atoms with van der Waals surface area (Å²) >= 11 is 12.5. The Morgan fingerprint density at radius 2 is 1.67 bits per heavy atom. The van der Waals surface area contributed by atoms with E-state index in [1.54, 1.807) is 48.5 Å². The Hall–Kier alpha value is -2.71. The van der Waals surface area contributed by atoms with E-state index in [4.69, 9.17) is 27.4 Å². The number of anilines is 1. The molecule has 1 fully saturated rings. The highest BCUT2D eigenvalue weighted by Gasteiger charge is 2.30. The molecule has 1 aliphatic rings. The minimum absolute atomic E-state index is 0.0347. The van der Waals surface area contributed by atoms with E-state index in [0.717, 1.165) is 24.8 Å². The maximum atomic E-state index is 13.5. The van der Waals surface area contributed by atoms with Crippen molar-refractivity contribution in [3.05, 3.63) is 93.5 Å². The average molecular weight is 546 g/mol. The summed E-state index contributed by atoms with van der Waals surface area (Å²) in [7, 11) is -4.14. The smallest absolute Gasteiger partial charge is 0.297 e. The fraction of sp³-hybridized carbons (Fsp3) is 0.259. The molecule has 0 N–H and O–H groups in total. The number of rotatable bonds is 9. The molecule has 1 amide bonds. The molecule has 0 unspecified atom stereocenters. The standard InChI is InChI=1S/C27H25Cl2NO5S/c1-18-9-12-21(13-10-18)36(33,34)35-17-26(31)30(16-19-5-4-6-19)25-14-11-20(28)15-23(25)27(32)22-7-2-3-8-24(22)29/h2-3,7-15,19H,4-6,16-17H2,1H3. The van der Waals surface area contributed by atoms with Crippen LogP contribution in [-0.2, 0) is 19.1 Å². The van der Waals surface area contributed by atoms with Gasteiger partial charge in [0.15, 0.2) is 5.78 Å². The first-order valence-electron chi connectivity index (χ1n) is 11.5.